The Morgan fingerprint density at radius 2 is 2.00 bits per heavy atom. The molecule has 0 bridgehead atoms. The molecular weight excluding hydrogens is 154 g/mol. The van der Waals surface area contributed by atoms with Crippen LogP contribution in [0, 0.1) is 11.8 Å². The summed E-state index contributed by atoms with van der Waals surface area (Å²) in [6, 6.07) is 0. The van der Waals surface area contributed by atoms with Gasteiger partial charge in [0.15, 0.2) is 0 Å². The minimum Gasteiger partial charge on any atom is -0.356 e. The zero-order valence-corrected chi connectivity index (χ0v) is 7.01. The molecule has 2 aliphatic rings. The summed E-state index contributed by atoms with van der Waals surface area (Å²) >= 11 is 0. The second kappa shape index (κ2) is 2.88. The minimum atomic E-state index is 0.117. The summed E-state index contributed by atoms with van der Waals surface area (Å²) in [5, 5.41) is 2.85. The normalized spacial score (nSPS) is 35.7. The van der Waals surface area contributed by atoms with Crippen molar-refractivity contribution < 1.29 is 9.59 Å². The molecule has 66 valence electrons. The Morgan fingerprint density at radius 1 is 1.17 bits per heavy atom. The molecule has 1 aliphatic heterocycles. The van der Waals surface area contributed by atoms with Crippen LogP contribution < -0.4 is 5.32 Å². The lowest BCUT2D eigenvalue weighted by Gasteiger charge is -2.34. The first kappa shape index (κ1) is 7.77. The molecule has 1 heterocycles. The zero-order chi connectivity index (χ0) is 8.55. The summed E-state index contributed by atoms with van der Waals surface area (Å²) in [6.07, 6.45) is 2.90. The zero-order valence-electron chi connectivity index (χ0n) is 7.01. The van der Waals surface area contributed by atoms with E-state index in [-0.39, 0.29) is 5.91 Å². The van der Waals surface area contributed by atoms with E-state index in [1.807, 2.05) is 0 Å². The SMILES string of the molecule is O=C1CC[C@H]2CNC(=O)C[C@H]2C1. The van der Waals surface area contributed by atoms with Gasteiger partial charge < -0.3 is 5.32 Å². The van der Waals surface area contributed by atoms with E-state index >= 15 is 0 Å². The summed E-state index contributed by atoms with van der Waals surface area (Å²) in [4.78, 5) is 22.1. The van der Waals surface area contributed by atoms with E-state index in [4.69, 9.17) is 0 Å². The largest absolute Gasteiger partial charge is 0.356 e. The number of fused-ring (bicyclic) bond motifs is 1. The number of carbonyl (C=O) groups excluding carboxylic acids is 2. The maximum Gasteiger partial charge on any atom is 0.220 e. The van der Waals surface area contributed by atoms with Gasteiger partial charge in [-0.1, -0.05) is 0 Å². The van der Waals surface area contributed by atoms with Gasteiger partial charge in [-0.05, 0) is 18.3 Å². The number of rotatable bonds is 0. The van der Waals surface area contributed by atoms with Gasteiger partial charge in [0.05, 0.1) is 0 Å². The molecule has 0 spiro atoms. The number of hydrogen-bond donors (Lipinski definition) is 1. The van der Waals surface area contributed by atoms with Crippen LogP contribution in [0.2, 0.25) is 0 Å². The number of carbonyl (C=O) groups is 2. The molecule has 0 unspecified atom stereocenters. The number of ketones is 1. The molecule has 12 heavy (non-hydrogen) atoms. The van der Waals surface area contributed by atoms with Crippen molar-refractivity contribution in [2.24, 2.45) is 11.8 Å². The first-order valence-corrected chi connectivity index (χ1v) is 4.54. The van der Waals surface area contributed by atoms with E-state index in [9.17, 15) is 9.59 Å². The fourth-order valence-electron chi connectivity index (χ4n) is 2.21. The van der Waals surface area contributed by atoms with Crippen LogP contribution in [0.5, 0.6) is 0 Å². The van der Waals surface area contributed by atoms with Crippen LogP contribution in [0.4, 0.5) is 0 Å². The third kappa shape index (κ3) is 1.36. The van der Waals surface area contributed by atoms with Gasteiger partial charge in [-0.15, -0.1) is 0 Å². The molecule has 3 nitrogen and oxygen atoms in total. The minimum absolute atomic E-state index is 0.117. The average Bonchev–Trinajstić information content (AvgIpc) is 2.03. The molecule has 1 saturated heterocycles. The molecule has 2 fully saturated rings. The van der Waals surface area contributed by atoms with E-state index in [2.05, 4.69) is 5.32 Å². The molecule has 2 atom stereocenters. The molecule has 3 heteroatoms. The van der Waals surface area contributed by atoms with Crippen molar-refractivity contribution in [2.45, 2.75) is 25.7 Å². The standard InChI is InChI=1S/C9H13NO2/c11-8-2-1-6-5-10-9(12)4-7(6)3-8/h6-7H,1-5H2,(H,10,12)/t6-,7+/m0/s1. The van der Waals surface area contributed by atoms with Crippen LogP contribution in [0.1, 0.15) is 25.7 Å². The highest BCUT2D eigenvalue weighted by atomic mass is 16.1. The number of amides is 1. The molecule has 0 aromatic carbocycles. The molecular formula is C9H13NO2. The number of Topliss-reactive ketones (excluding diaryl/α,β-unsaturated/α-hetero) is 1. The van der Waals surface area contributed by atoms with Gasteiger partial charge >= 0.3 is 0 Å². The van der Waals surface area contributed by atoms with Gasteiger partial charge in [0.1, 0.15) is 5.78 Å². The fraction of sp³-hybridized carbons (Fsp3) is 0.778. The summed E-state index contributed by atoms with van der Waals surface area (Å²) in [7, 11) is 0. The first-order chi connectivity index (χ1) is 5.75. The quantitative estimate of drug-likeness (QED) is 0.570. The summed E-state index contributed by atoms with van der Waals surface area (Å²) in [5.41, 5.74) is 0. The van der Waals surface area contributed by atoms with Gasteiger partial charge in [-0.25, -0.2) is 0 Å². The van der Waals surface area contributed by atoms with E-state index in [1.165, 1.54) is 0 Å². The Hall–Kier alpha value is -0.860. The lowest BCUT2D eigenvalue weighted by Crippen LogP contribution is -2.43. The monoisotopic (exact) mass is 167 g/mol. The van der Waals surface area contributed by atoms with E-state index < -0.39 is 0 Å². The highest BCUT2D eigenvalue weighted by molar-refractivity contribution is 5.82. The van der Waals surface area contributed by atoms with Crippen molar-refractivity contribution >= 4 is 11.7 Å². The van der Waals surface area contributed by atoms with E-state index in [0.29, 0.717) is 30.5 Å². The number of nitrogens with one attached hydrogen (secondary N) is 1. The molecule has 1 N–H and O–H groups in total. The van der Waals surface area contributed by atoms with Crippen molar-refractivity contribution in [3.63, 3.8) is 0 Å². The summed E-state index contributed by atoms with van der Waals surface area (Å²) in [6.45, 7) is 0.788. The Bertz CT molecular complexity index is 203. The van der Waals surface area contributed by atoms with Gasteiger partial charge in [-0.2, -0.15) is 0 Å². The smallest absolute Gasteiger partial charge is 0.220 e. The van der Waals surface area contributed by atoms with Crippen LogP contribution >= 0.6 is 0 Å². The molecule has 1 saturated carbocycles. The Labute approximate surface area is 71.5 Å². The molecule has 1 amide bonds. The van der Waals surface area contributed by atoms with E-state index in [0.717, 1.165) is 19.4 Å². The Morgan fingerprint density at radius 3 is 2.83 bits per heavy atom. The number of hydrogen-bond acceptors (Lipinski definition) is 2. The molecule has 1 aliphatic carbocycles. The summed E-state index contributed by atoms with van der Waals surface area (Å²) in [5.74, 6) is 1.37. The highest BCUT2D eigenvalue weighted by Crippen LogP contribution is 2.32. The van der Waals surface area contributed by atoms with Crippen molar-refractivity contribution in [3.8, 4) is 0 Å². The highest BCUT2D eigenvalue weighted by Gasteiger charge is 2.33. The maximum absolute atomic E-state index is 11.1. The van der Waals surface area contributed by atoms with Crippen LogP contribution in [-0.2, 0) is 9.59 Å². The van der Waals surface area contributed by atoms with Crippen molar-refractivity contribution in [3.05, 3.63) is 0 Å². The van der Waals surface area contributed by atoms with Crippen LogP contribution in [-0.4, -0.2) is 18.2 Å². The Balaban J connectivity index is 2.03. The molecule has 0 radical (unpaired) electrons. The molecule has 2 rings (SSSR count). The van der Waals surface area contributed by atoms with Gasteiger partial charge in [-0.3, -0.25) is 9.59 Å². The van der Waals surface area contributed by atoms with Gasteiger partial charge in [0.25, 0.3) is 0 Å². The first-order valence-electron chi connectivity index (χ1n) is 4.54. The van der Waals surface area contributed by atoms with Gasteiger partial charge in [0, 0.05) is 25.8 Å². The number of piperidine rings is 1. The van der Waals surface area contributed by atoms with Gasteiger partial charge in [0.2, 0.25) is 5.91 Å². The topological polar surface area (TPSA) is 46.2 Å². The predicted molar refractivity (Wildman–Crippen MR) is 43.5 cm³/mol. The summed E-state index contributed by atoms with van der Waals surface area (Å²) < 4.78 is 0. The van der Waals surface area contributed by atoms with Crippen LogP contribution in [0.25, 0.3) is 0 Å². The van der Waals surface area contributed by atoms with Crippen LogP contribution in [0.3, 0.4) is 0 Å². The Kier molecular flexibility index (Phi) is 1.87. The third-order valence-corrected chi connectivity index (χ3v) is 2.96. The lowest BCUT2D eigenvalue weighted by atomic mass is 9.75. The second-order valence-corrected chi connectivity index (χ2v) is 3.81. The third-order valence-electron chi connectivity index (χ3n) is 2.96. The maximum atomic E-state index is 11.1. The van der Waals surface area contributed by atoms with Crippen molar-refractivity contribution in [2.75, 3.05) is 6.54 Å². The average molecular weight is 167 g/mol. The van der Waals surface area contributed by atoms with Crippen molar-refractivity contribution in [1.29, 1.82) is 0 Å². The lowest BCUT2D eigenvalue weighted by molar-refractivity contribution is -0.128. The predicted octanol–water partition coefficient (Wildman–Crippen LogP) is 0.492. The molecule has 0 aromatic rings. The fourth-order valence-corrected chi connectivity index (χ4v) is 2.21. The van der Waals surface area contributed by atoms with E-state index in [1.54, 1.807) is 0 Å². The van der Waals surface area contributed by atoms with Crippen LogP contribution in [0.15, 0.2) is 0 Å². The molecule has 0 aromatic heterocycles. The second-order valence-electron chi connectivity index (χ2n) is 3.81. The van der Waals surface area contributed by atoms with Crippen molar-refractivity contribution in [1.82, 2.24) is 5.32 Å².